The van der Waals surface area contributed by atoms with Crippen molar-refractivity contribution in [3.63, 3.8) is 0 Å². The van der Waals surface area contributed by atoms with Gasteiger partial charge in [-0.3, -0.25) is 0 Å². The Morgan fingerprint density at radius 1 is 1.13 bits per heavy atom. The summed E-state index contributed by atoms with van der Waals surface area (Å²) >= 11 is 0. The van der Waals surface area contributed by atoms with E-state index in [9.17, 15) is 15.3 Å². The molecule has 88 valence electrons. The Bertz CT molecular complexity index is 255. The summed E-state index contributed by atoms with van der Waals surface area (Å²) in [6, 6.07) is 0. The molecule has 3 heteroatoms. The summed E-state index contributed by atoms with van der Waals surface area (Å²) in [5.41, 5.74) is -0.393. The monoisotopic (exact) mass is 214 g/mol. The van der Waals surface area contributed by atoms with Gasteiger partial charge in [0.2, 0.25) is 0 Å². The highest BCUT2D eigenvalue weighted by atomic mass is 16.3. The van der Waals surface area contributed by atoms with Crippen LogP contribution in [0, 0.1) is 16.7 Å². The zero-order valence-corrected chi connectivity index (χ0v) is 9.61. The summed E-state index contributed by atoms with van der Waals surface area (Å²) in [6.45, 7) is 4.18. The third-order valence-corrected chi connectivity index (χ3v) is 5.32. The quantitative estimate of drug-likeness (QED) is 0.608. The maximum atomic E-state index is 10.3. The van der Waals surface area contributed by atoms with Gasteiger partial charge in [-0.2, -0.15) is 0 Å². The Morgan fingerprint density at radius 3 is 2.33 bits per heavy atom. The number of aliphatic hydroxyl groups is 3. The van der Waals surface area contributed by atoms with E-state index >= 15 is 0 Å². The van der Waals surface area contributed by atoms with Crippen molar-refractivity contribution in [1.29, 1.82) is 0 Å². The van der Waals surface area contributed by atoms with Gasteiger partial charge in [0.1, 0.15) is 0 Å². The molecule has 3 N–H and O–H groups in total. The number of fused-ring (bicyclic) bond motifs is 1. The van der Waals surface area contributed by atoms with Crippen LogP contribution in [0.3, 0.4) is 0 Å². The highest BCUT2D eigenvalue weighted by Crippen LogP contribution is 2.61. The van der Waals surface area contributed by atoms with Gasteiger partial charge >= 0.3 is 0 Å². The first kappa shape index (κ1) is 11.4. The molecule has 2 rings (SSSR count). The van der Waals surface area contributed by atoms with Gasteiger partial charge in [0.05, 0.1) is 12.2 Å². The highest BCUT2D eigenvalue weighted by Gasteiger charge is 2.61. The third-order valence-electron chi connectivity index (χ3n) is 5.32. The second-order valence-corrected chi connectivity index (χ2v) is 5.82. The summed E-state index contributed by atoms with van der Waals surface area (Å²) < 4.78 is 0. The largest absolute Gasteiger partial charge is 0.396 e. The Labute approximate surface area is 91.1 Å². The van der Waals surface area contributed by atoms with Gasteiger partial charge in [-0.05, 0) is 31.1 Å². The molecule has 0 aromatic heterocycles. The number of hydrogen-bond donors (Lipinski definition) is 3. The Hall–Kier alpha value is -0.120. The second-order valence-electron chi connectivity index (χ2n) is 5.82. The fourth-order valence-electron chi connectivity index (χ4n) is 3.72. The van der Waals surface area contributed by atoms with Crippen molar-refractivity contribution in [3.05, 3.63) is 0 Å². The lowest BCUT2D eigenvalue weighted by molar-refractivity contribution is -0.156. The molecule has 2 fully saturated rings. The predicted octanol–water partition coefficient (Wildman–Crippen LogP) is 0.917. The summed E-state index contributed by atoms with van der Waals surface area (Å²) in [5, 5.41) is 29.6. The van der Waals surface area contributed by atoms with Crippen LogP contribution in [-0.4, -0.2) is 34.1 Å². The second kappa shape index (κ2) is 3.44. The van der Waals surface area contributed by atoms with E-state index in [0.29, 0.717) is 0 Å². The van der Waals surface area contributed by atoms with Gasteiger partial charge in [-0.1, -0.05) is 13.8 Å². The minimum absolute atomic E-state index is 0.0273. The first-order valence-electron chi connectivity index (χ1n) is 5.93. The molecule has 0 aliphatic heterocycles. The van der Waals surface area contributed by atoms with E-state index in [1.165, 1.54) is 0 Å². The standard InChI is InChI=1S/C12H22O3/c1-11-5-3-8(7-13)10(15)12(11,2)9(14)4-6-11/h8-10,13-15H,3-7H2,1-2H3/t8-,9-,10+,11+,12+/m0/s1. The Balaban J connectivity index is 2.33. The molecule has 15 heavy (non-hydrogen) atoms. The van der Waals surface area contributed by atoms with E-state index in [2.05, 4.69) is 6.92 Å². The molecule has 0 aromatic carbocycles. The molecule has 0 spiro atoms. The smallest absolute Gasteiger partial charge is 0.0673 e. The van der Waals surface area contributed by atoms with E-state index in [0.717, 1.165) is 25.7 Å². The van der Waals surface area contributed by atoms with Crippen LogP contribution >= 0.6 is 0 Å². The van der Waals surface area contributed by atoms with Crippen LogP contribution < -0.4 is 0 Å². The van der Waals surface area contributed by atoms with Gasteiger partial charge in [0, 0.05) is 17.9 Å². The van der Waals surface area contributed by atoms with Crippen LogP contribution in [0.5, 0.6) is 0 Å². The van der Waals surface area contributed by atoms with E-state index in [1.54, 1.807) is 0 Å². The minimum Gasteiger partial charge on any atom is -0.396 e. The normalized spacial score (nSPS) is 55.4. The molecule has 2 aliphatic carbocycles. The highest BCUT2D eigenvalue weighted by molar-refractivity contribution is 5.10. The van der Waals surface area contributed by atoms with Crippen LogP contribution in [0.1, 0.15) is 39.5 Å². The summed E-state index contributed by atoms with van der Waals surface area (Å²) in [7, 11) is 0. The first-order valence-corrected chi connectivity index (χ1v) is 5.93. The lowest BCUT2D eigenvalue weighted by atomic mass is 9.55. The predicted molar refractivity (Wildman–Crippen MR) is 57.3 cm³/mol. The molecule has 0 heterocycles. The third kappa shape index (κ3) is 1.30. The van der Waals surface area contributed by atoms with Crippen molar-refractivity contribution in [2.24, 2.45) is 16.7 Å². The van der Waals surface area contributed by atoms with Gasteiger partial charge in [0.25, 0.3) is 0 Å². The average Bonchev–Trinajstić information content (AvgIpc) is 2.45. The fraction of sp³-hybridized carbons (Fsp3) is 1.00. The van der Waals surface area contributed by atoms with Crippen LogP contribution in [0.25, 0.3) is 0 Å². The first-order chi connectivity index (χ1) is 6.95. The van der Waals surface area contributed by atoms with Crippen LogP contribution in [0.15, 0.2) is 0 Å². The molecular formula is C12H22O3. The van der Waals surface area contributed by atoms with Crippen molar-refractivity contribution < 1.29 is 15.3 Å². The molecule has 0 amide bonds. The molecule has 0 saturated heterocycles. The van der Waals surface area contributed by atoms with Gasteiger partial charge < -0.3 is 15.3 Å². The van der Waals surface area contributed by atoms with Crippen molar-refractivity contribution in [2.45, 2.75) is 51.7 Å². The summed E-state index contributed by atoms with van der Waals surface area (Å²) in [5.74, 6) is -0.0594. The fourth-order valence-corrected chi connectivity index (χ4v) is 3.72. The van der Waals surface area contributed by atoms with E-state index in [-0.39, 0.29) is 17.9 Å². The lowest BCUT2D eigenvalue weighted by Gasteiger charge is -2.52. The molecule has 3 nitrogen and oxygen atoms in total. The molecule has 0 unspecified atom stereocenters. The zero-order valence-electron chi connectivity index (χ0n) is 9.61. The van der Waals surface area contributed by atoms with Gasteiger partial charge in [-0.15, -0.1) is 0 Å². The minimum atomic E-state index is -0.571. The lowest BCUT2D eigenvalue weighted by Crippen LogP contribution is -2.55. The average molecular weight is 214 g/mol. The number of hydrogen-bond acceptors (Lipinski definition) is 3. The maximum Gasteiger partial charge on any atom is 0.0673 e. The van der Waals surface area contributed by atoms with E-state index in [1.807, 2.05) is 6.92 Å². The zero-order chi connectivity index (χ0) is 11.3. The van der Waals surface area contributed by atoms with Gasteiger partial charge in [-0.25, -0.2) is 0 Å². The van der Waals surface area contributed by atoms with E-state index < -0.39 is 17.6 Å². The Kier molecular flexibility index (Phi) is 2.61. The van der Waals surface area contributed by atoms with Crippen molar-refractivity contribution >= 4 is 0 Å². The molecular weight excluding hydrogens is 192 g/mol. The van der Waals surface area contributed by atoms with E-state index in [4.69, 9.17) is 0 Å². The maximum absolute atomic E-state index is 10.3. The molecule has 0 aromatic rings. The van der Waals surface area contributed by atoms with Crippen LogP contribution in [-0.2, 0) is 0 Å². The van der Waals surface area contributed by atoms with Crippen LogP contribution in [0.2, 0.25) is 0 Å². The molecule has 2 saturated carbocycles. The van der Waals surface area contributed by atoms with Gasteiger partial charge in [0.15, 0.2) is 0 Å². The molecule has 2 aliphatic rings. The SMILES string of the molecule is C[C@]12CC[C@@H](CO)[C@@H](O)[C@@]1(C)[C@@H](O)CC2. The molecule has 0 radical (unpaired) electrons. The topological polar surface area (TPSA) is 60.7 Å². The molecule has 0 bridgehead atoms. The van der Waals surface area contributed by atoms with Crippen LogP contribution in [0.4, 0.5) is 0 Å². The Morgan fingerprint density at radius 2 is 1.73 bits per heavy atom. The molecule has 5 atom stereocenters. The van der Waals surface area contributed by atoms with Crippen molar-refractivity contribution in [3.8, 4) is 0 Å². The number of rotatable bonds is 1. The number of aliphatic hydroxyl groups excluding tert-OH is 3. The van der Waals surface area contributed by atoms with Crippen molar-refractivity contribution in [2.75, 3.05) is 6.61 Å². The summed E-state index contributed by atoms with van der Waals surface area (Å²) in [6.07, 6.45) is 2.65. The summed E-state index contributed by atoms with van der Waals surface area (Å²) in [4.78, 5) is 0. The van der Waals surface area contributed by atoms with Crippen molar-refractivity contribution in [1.82, 2.24) is 0 Å².